The number of phenolic OH excluding ortho intramolecular Hbond substituents is 1. The fourth-order valence-electron chi connectivity index (χ4n) is 1.52. The third-order valence-electron chi connectivity index (χ3n) is 2.44. The molecule has 0 aliphatic rings. The van der Waals surface area contributed by atoms with Crippen molar-refractivity contribution >= 4 is 11.5 Å². The largest absolute Gasteiger partial charge is 0.507 e. The number of nitro groups is 1. The van der Waals surface area contributed by atoms with Gasteiger partial charge in [-0.05, 0) is 18.2 Å². The number of aromatic hydroxyl groups is 2. The molecule has 2 rings (SSSR count). The van der Waals surface area contributed by atoms with Gasteiger partial charge in [-0.15, -0.1) is 0 Å². The van der Waals surface area contributed by atoms with Crippen molar-refractivity contribution in [3.8, 4) is 11.5 Å². The lowest BCUT2D eigenvalue weighted by molar-refractivity contribution is -0.384. The Labute approximate surface area is 106 Å². The molecule has 2 N–H and O–H groups in total. The highest BCUT2D eigenvalue weighted by Gasteiger charge is 2.21. The topological polar surface area (TPSA) is 114 Å². The SMILES string of the molecule is O=C(c1cc([N+](=O)[O-])ccc1O)c1ncccc1O. The Morgan fingerprint density at radius 3 is 2.58 bits per heavy atom. The molecular weight excluding hydrogens is 252 g/mol. The molecule has 7 nitrogen and oxygen atoms in total. The van der Waals surface area contributed by atoms with Crippen LogP contribution in [-0.2, 0) is 0 Å². The molecule has 0 aliphatic carbocycles. The van der Waals surface area contributed by atoms with Gasteiger partial charge in [0.25, 0.3) is 5.69 Å². The number of benzene rings is 1. The minimum Gasteiger partial charge on any atom is -0.507 e. The summed E-state index contributed by atoms with van der Waals surface area (Å²) in [6.07, 6.45) is 1.29. The molecule has 1 heterocycles. The Balaban J connectivity index is 2.53. The first kappa shape index (κ1) is 12.5. The van der Waals surface area contributed by atoms with Crippen LogP contribution in [0.25, 0.3) is 0 Å². The summed E-state index contributed by atoms with van der Waals surface area (Å²) < 4.78 is 0. The van der Waals surface area contributed by atoms with E-state index in [0.717, 1.165) is 18.2 Å². The number of nitro benzene ring substituents is 1. The number of non-ortho nitro benzene ring substituents is 1. The van der Waals surface area contributed by atoms with Gasteiger partial charge in [-0.2, -0.15) is 0 Å². The summed E-state index contributed by atoms with van der Waals surface area (Å²) in [6.45, 7) is 0. The van der Waals surface area contributed by atoms with Crippen molar-refractivity contribution in [1.29, 1.82) is 0 Å². The number of carbonyl (C=O) groups excluding carboxylic acids is 1. The third kappa shape index (κ3) is 2.34. The average Bonchev–Trinajstić information content (AvgIpc) is 2.38. The summed E-state index contributed by atoms with van der Waals surface area (Å²) in [6, 6.07) is 5.75. The normalized spacial score (nSPS) is 10.1. The number of ketones is 1. The molecule has 0 unspecified atom stereocenters. The number of phenols is 1. The van der Waals surface area contributed by atoms with Crippen LogP contribution >= 0.6 is 0 Å². The van der Waals surface area contributed by atoms with E-state index in [1.807, 2.05) is 0 Å². The first-order valence-electron chi connectivity index (χ1n) is 5.17. The highest BCUT2D eigenvalue weighted by atomic mass is 16.6. The minimum absolute atomic E-state index is 0.279. The molecule has 0 spiro atoms. The minimum atomic E-state index is -0.792. The van der Waals surface area contributed by atoms with E-state index in [2.05, 4.69) is 4.98 Å². The lowest BCUT2D eigenvalue weighted by Gasteiger charge is -2.04. The molecule has 0 aliphatic heterocycles. The summed E-state index contributed by atoms with van der Waals surface area (Å²) in [4.78, 5) is 25.7. The standard InChI is InChI=1S/C12H8N2O5/c15-9-4-3-7(14(18)19)6-8(9)12(17)11-10(16)2-1-5-13-11/h1-6,15-16H. The molecule has 1 aromatic carbocycles. The number of hydrogen-bond donors (Lipinski definition) is 2. The molecule has 0 bridgehead atoms. The number of aromatic nitrogens is 1. The van der Waals surface area contributed by atoms with Gasteiger partial charge in [0.2, 0.25) is 5.78 Å². The summed E-state index contributed by atoms with van der Waals surface area (Å²) in [7, 11) is 0. The number of hydrogen-bond acceptors (Lipinski definition) is 6. The molecule has 0 saturated heterocycles. The van der Waals surface area contributed by atoms with Crippen LogP contribution < -0.4 is 0 Å². The smallest absolute Gasteiger partial charge is 0.270 e. The summed E-state index contributed by atoms with van der Waals surface area (Å²) in [5, 5.41) is 29.7. The fourth-order valence-corrected chi connectivity index (χ4v) is 1.52. The molecular formula is C12H8N2O5. The van der Waals surface area contributed by atoms with Gasteiger partial charge in [-0.1, -0.05) is 0 Å². The highest BCUT2D eigenvalue weighted by molar-refractivity contribution is 6.11. The van der Waals surface area contributed by atoms with Crippen LogP contribution in [0, 0.1) is 10.1 Å². The van der Waals surface area contributed by atoms with E-state index in [1.165, 1.54) is 18.3 Å². The molecule has 0 fully saturated rings. The van der Waals surface area contributed by atoms with Gasteiger partial charge in [-0.25, -0.2) is 4.98 Å². The lowest BCUT2D eigenvalue weighted by atomic mass is 10.1. The number of nitrogens with zero attached hydrogens (tertiary/aromatic N) is 2. The van der Waals surface area contributed by atoms with E-state index in [1.54, 1.807) is 0 Å². The van der Waals surface area contributed by atoms with Gasteiger partial charge in [0.15, 0.2) is 5.69 Å². The Morgan fingerprint density at radius 2 is 1.95 bits per heavy atom. The monoisotopic (exact) mass is 260 g/mol. The Bertz CT molecular complexity index is 669. The number of rotatable bonds is 3. The summed E-state index contributed by atoms with van der Waals surface area (Å²) in [5.74, 6) is -1.57. The zero-order valence-electron chi connectivity index (χ0n) is 9.48. The maximum Gasteiger partial charge on any atom is 0.270 e. The van der Waals surface area contributed by atoms with Crippen molar-refractivity contribution in [2.45, 2.75) is 0 Å². The van der Waals surface area contributed by atoms with Crippen molar-refractivity contribution in [3.05, 3.63) is 57.9 Å². The van der Waals surface area contributed by atoms with Crippen LogP contribution in [0.5, 0.6) is 11.5 Å². The zero-order valence-corrected chi connectivity index (χ0v) is 9.48. The first-order valence-corrected chi connectivity index (χ1v) is 5.17. The third-order valence-corrected chi connectivity index (χ3v) is 2.44. The number of carbonyl (C=O) groups is 1. The average molecular weight is 260 g/mol. The molecule has 1 aromatic heterocycles. The molecule has 19 heavy (non-hydrogen) atoms. The molecule has 0 radical (unpaired) electrons. The predicted octanol–water partition coefficient (Wildman–Crippen LogP) is 1.63. The van der Waals surface area contributed by atoms with Gasteiger partial charge < -0.3 is 10.2 Å². The molecule has 2 aromatic rings. The number of pyridine rings is 1. The van der Waals surface area contributed by atoms with Crippen molar-refractivity contribution in [3.63, 3.8) is 0 Å². The highest BCUT2D eigenvalue weighted by Crippen LogP contribution is 2.27. The van der Waals surface area contributed by atoms with Crippen LogP contribution in [0.1, 0.15) is 16.1 Å². The van der Waals surface area contributed by atoms with E-state index in [9.17, 15) is 25.1 Å². The van der Waals surface area contributed by atoms with Crippen molar-refractivity contribution in [1.82, 2.24) is 4.98 Å². The van der Waals surface area contributed by atoms with E-state index in [0.29, 0.717) is 0 Å². The second-order valence-electron chi connectivity index (χ2n) is 3.66. The quantitative estimate of drug-likeness (QED) is 0.492. The lowest BCUT2D eigenvalue weighted by Crippen LogP contribution is -2.05. The zero-order chi connectivity index (χ0) is 14.0. The van der Waals surface area contributed by atoms with E-state index >= 15 is 0 Å². The maximum absolute atomic E-state index is 12.1. The Kier molecular flexibility index (Phi) is 3.11. The Morgan fingerprint density at radius 1 is 1.21 bits per heavy atom. The molecule has 0 saturated carbocycles. The second-order valence-corrected chi connectivity index (χ2v) is 3.66. The van der Waals surface area contributed by atoms with Gasteiger partial charge in [0, 0.05) is 18.3 Å². The van der Waals surface area contributed by atoms with E-state index < -0.39 is 16.5 Å². The van der Waals surface area contributed by atoms with Crippen LogP contribution in [0.2, 0.25) is 0 Å². The predicted molar refractivity (Wildman–Crippen MR) is 64.1 cm³/mol. The summed E-state index contributed by atoms with van der Waals surface area (Å²) in [5.41, 5.74) is -0.905. The Hall–Kier alpha value is -2.96. The van der Waals surface area contributed by atoms with E-state index in [-0.39, 0.29) is 22.7 Å². The van der Waals surface area contributed by atoms with Gasteiger partial charge in [0.05, 0.1) is 10.5 Å². The van der Waals surface area contributed by atoms with Crippen LogP contribution in [-0.4, -0.2) is 25.9 Å². The first-order chi connectivity index (χ1) is 9.00. The molecule has 0 atom stereocenters. The van der Waals surface area contributed by atoms with Crippen LogP contribution in [0.4, 0.5) is 5.69 Å². The van der Waals surface area contributed by atoms with Crippen LogP contribution in [0.3, 0.4) is 0 Å². The van der Waals surface area contributed by atoms with Crippen LogP contribution in [0.15, 0.2) is 36.5 Å². The van der Waals surface area contributed by atoms with Gasteiger partial charge in [-0.3, -0.25) is 14.9 Å². The fraction of sp³-hybridized carbons (Fsp3) is 0. The molecule has 0 amide bonds. The van der Waals surface area contributed by atoms with Gasteiger partial charge >= 0.3 is 0 Å². The molecule has 96 valence electrons. The summed E-state index contributed by atoms with van der Waals surface area (Å²) >= 11 is 0. The van der Waals surface area contributed by atoms with Crippen molar-refractivity contribution in [2.75, 3.05) is 0 Å². The molecule has 7 heteroatoms. The van der Waals surface area contributed by atoms with Crippen molar-refractivity contribution in [2.24, 2.45) is 0 Å². The van der Waals surface area contributed by atoms with E-state index in [4.69, 9.17) is 0 Å². The van der Waals surface area contributed by atoms with Gasteiger partial charge in [0.1, 0.15) is 11.5 Å². The van der Waals surface area contributed by atoms with Crippen molar-refractivity contribution < 1.29 is 19.9 Å². The second kappa shape index (κ2) is 4.73. The maximum atomic E-state index is 12.1.